The van der Waals surface area contributed by atoms with Crippen molar-refractivity contribution in [3.05, 3.63) is 104 Å². The van der Waals surface area contributed by atoms with Gasteiger partial charge in [0.05, 0.1) is 4.92 Å². The van der Waals surface area contributed by atoms with Crippen molar-refractivity contribution in [3.63, 3.8) is 0 Å². The number of hydrogen-bond acceptors (Lipinski definition) is 6. The summed E-state index contributed by atoms with van der Waals surface area (Å²) in [6.07, 6.45) is 0.947. The van der Waals surface area contributed by atoms with Crippen LogP contribution in [0.25, 0.3) is 0 Å². The minimum absolute atomic E-state index is 0.00379. The molecule has 9 heteroatoms. The smallest absolute Gasteiger partial charge is 0.293 e. The van der Waals surface area contributed by atoms with Crippen molar-refractivity contribution in [2.24, 2.45) is 5.92 Å². The zero-order chi connectivity index (χ0) is 26.2. The summed E-state index contributed by atoms with van der Waals surface area (Å²) in [5.74, 6) is 0.113. The van der Waals surface area contributed by atoms with Gasteiger partial charge in [0.1, 0.15) is 5.69 Å². The van der Waals surface area contributed by atoms with Crippen LogP contribution in [0.2, 0.25) is 0 Å². The van der Waals surface area contributed by atoms with E-state index in [4.69, 9.17) is 0 Å². The first-order valence-corrected chi connectivity index (χ1v) is 13.2. The maximum Gasteiger partial charge on any atom is 0.293 e. The highest BCUT2D eigenvalue weighted by atomic mass is 16.6. The molecule has 2 aromatic carbocycles. The molecule has 0 spiro atoms. The van der Waals surface area contributed by atoms with Crippen molar-refractivity contribution >= 4 is 17.3 Å². The second kappa shape index (κ2) is 10.1. The maximum atomic E-state index is 13.5. The van der Waals surface area contributed by atoms with Crippen LogP contribution in [0.4, 0.5) is 11.4 Å². The molecule has 6 rings (SSSR count). The summed E-state index contributed by atoms with van der Waals surface area (Å²) in [6.45, 7) is 5.53. The van der Waals surface area contributed by atoms with E-state index in [9.17, 15) is 19.7 Å². The number of aromatic nitrogens is 1. The first-order valence-electron chi connectivity index (χ1n) is 13.2. The largest absolute Gasteiger partial charge is 0.363 e. The molecular weight excluding hydrogens is 482 g/mol. The molecule has 2 bridgehead atoms. The lowest BCUT2D eigenvalue weighted by molar-refractivity contribution is -0.384. The van der Waals surface area contributed by atoms with Crippen LogP contribution in [-0.4, -0.2) is 64.5 Å². The second-order valence-corrected chi connectivity index (χ2v) is 10.6. The molecule has 0 N–H and O–H groups in total. The van der Waals surface area contributed by atoms with Crippen molar-refractivity contribution < 1.29 is 9.72 Å². The normalized spacial score (nSPS) is 21.2. The lowest BCUT2D eigenvalue weighted by Gasteiger charge is -2.42. The van der Waals surface area contributed by atoms with Gasteiger partial charge in [-0.1, -0.05) is 36.4 Å². The number of fused-ring (bicyclic) bond motifs is 4. The highest BCUT2D eigenvalue weighted by molar-refractivity contribution is 5.96. The third kappa shape index (κ3) is 4.69. The Balaban J connectivity index is 1.16. The van der Waals surface area contributed by atoms with Crippen molar-refractivity contribution in [2.45, 2.75) is 25.4 Å². The van der Waals surface area contributed by atoms with Gasteiger partial charge in [0.2, 0.25) is 0 Å². The summed E-state index contributed by atoms with van der Waals surface area (Å²) in [7, 11) is 0. The number of piperazine rings is 1. The van der Waals surface area contributed by atoms with E-state index in [-0.39, 0.29) is 33.9 Å². The van der Waals surface area contributed by atoms with Crippen LogP contribution in [0.5, 0.6) is 0 Å². The number of nitro groups is 1. The summed E-state index contributed by atoms with van der Waals surface area (Å²) in [5, 5.41) is 12.1. The maximum absolute atomic E-state index is 13.5. The van der Waals surface area contributed by atoms with Crippen molar-refractivity contribution in [1.29, 1.82) is 0 Å². The van der Waals surface area contributed by atoms with Crippen LogP contribution in [0.1, 0.15) is 34.0 Å². The van der Waals surface area contributed by atoms with Crippen molar-refractivity contribution in [2.75, 3.05) is 44.2 Å². The summed E-state index contributed by atoms with van der Waals surface area (Å²) < 4.78 is 1.83. The van der Waals surface area contributed by atoms with E-state index in [1.54, 1.807) is 29.2 Å². The predicted molar refractivity (Wildman–Crippen MR) is 144 cm³/mol. The molecule has 2 atom stereocenters. The van der Waals surface area contributed by atoms with E-state index in [1.807, 2.05) is 33.7 Å². The van der Waals surface area contributed by atoms with Crippen LogP contribution < -0.4 is 10.5 Å². The van der Waals surface area contributed by atoms with E-state index >= 15 is 0 Å². The van der Waals surface area contributed by atoms with Gasteiger partial charge in [0.25, 0.3) is 17.2 Å². The average molecular weight is 514 g/mol. The SMILES string of the molecule is O=C(c1ccc(N2CCN(Cc3ccccc3)CC2)c([N+](=O)[O-])c1)N1CC2CC(C1)c1cccc(=O)n1C2. The number of likely N-dealkylation sites (tertiary alicyclic amines) is 1. The second-order valence-electron chi connectivity index (χ2n) is 10.6. The first kappa shape index (κ1) is 24.4. The molecule has 196 valence electrons. The van der Waals surface area contributed by atoms with Gasteiger partial charge in [-0.25, -0.2) is 0 Å². The van der Waals surface area contributed by atoms with E-state index in [1.165, 1.54) is 11.6 Å². The minimum atomic E-state index is -0.379. The molecule has 0 saturated carbocycles. The van der Waals surface area contributed by atoms with Gasteiger partial charge in [-0.3, -0.25) is 24.6 Å². The molecule has 1 amide bonds. The number of rotatable bonds is 5. The predicted octanol–water partition coefficient (Wildman–Crippen LogP) is 3.34. The number of benzene rings is 2. The standard InChI is InChI=1S/C29H31N5O4/c35-28-8-4-7-25-24-15-22(19-33(25)28)18-32(20-24)29(36)23-9-10-26(27(16-23)34(37)38)31-13-11-30(12-14-31)17-21-5-2-1-3-6-21/h1-10,16,22,24H,11-15,17-20H2. The first-order chi connectivity index (χ1) is 18.5. The summed E-state index contributed by atoms with van der Waals surface area (Å²) >= 11 is 0. The van der Waals surface area contributed by atoms with E-state index in [2.05, 4.69) is 17.0 Å². The fourth-order valence-electron chi connectivity index (χ4n) is 6.30. The Bertz CT molecular complexity index is 1410. The average Bonchev–Trinajstić information content (AvgIpc) is 2.94. The molecular formula is C29H31N5O4. The Morgan fingerprint density at radius 1 is 0.921 bits per heavy atom. The van der Waals surface area contributed by atoms with E-state index in [0.717, 1.165) is 31.7 Å². The van der Waals surface area contributed by atoms with Crippen LogP contribution in [0.15, 0.2) is 71.5 Å². The molecule has 0 aliphatic carbocycles. The zero-order valence-electron chi connectivity index (χ0n) is 21.2. The third-order valence-corrected chi connectivity index (χ3v) is 8.15. The molecule has 2 unspecified atom stereocenters. The number of carbonyl (C=O) groups is 1. The number of piperidine rings is 1. The van der Waals surface area contributed by atoms with Gasteiger partial charge in [0, 0.05) is 81.7 Å². The van der Waals surface area contributed by atoms with Gasteiger partial charge in [-0.2, -0.15) is 0 Å². The summed E-state index contributed by atoms with van der Waals surface area (Å²) in [5.41, 5.74) is 3.11. The Kier molecular flexibility index (Phi) is 6.45. The lowest BCUT2D eigenvalue weighted by atomic mass is 9.83. The number of hydrogen-bond donors (Lipinski definition) is 0. The Morgan fingerprint density at radius 2 is 1.71 bits per heavy atom. The van der Waals surface area contributed by atoms with Gasteiger partial charge in [-0.05, 0) is 36.1 Å². The number of nitro benzene ring substituents is 1. The highest BCUT2D eigenvalue weighted by Crippen LogP contribution is 2.36. The Labute approximate surface area is 221 Å². The molecule has 3 aromatic rings. The minimum Gasteiger partial charge on any atom is -0.363 e. The lowest BCUT2D eigenvalue weighted by Crippen LogP contribution is -2.49. The van der Waals surface area contributed by atoms with Gasteiger partial charge < -0.3 is 14.4 Å². The molecule has 9 nitrogen and oxygen atoms in total. The molecule has 0 radical (unpaired) electrons. The van der Waals surface area contributed by atoms with Gasteiger partial charge in [0.15, 0.2) is 0 Å². The number of anilines is 1. The van der Waals surface area contributed by atoms with Gasteiger partial charge in [-0.15, -0.1) is 0 Å². The number of nitrogens with zero attached hydrogens (tertiary/aromatic N) is 5. The molecule has 2 fully saturated rings. The van der Waals surface area contributed by atoms with Crippen LogP contribution in [0, 0.1) is 16.0 Å². The molecule has 3 aliphatic heterocycles. The summed E-state index contributed by atoms with van der Waals surface area (Å²) in [6, 6.07) is 20.5. The third-order valence-electron chi connectivity index (χ3n) is 8.15. The number of carbonyl (C=O) groups excluding carboxylic acids is 1. The van der Waals surface area contributed by atoms with E-state index < -0.39 is 0 Å². The molecule has 4 heterocycles. The Hall–Kier alpha value is -3.98. The van der Waals surface area contributed by atoms with E-state index in [0.29, 0.717) is 44.0 Å². The van der Waals surface area contributed by atoms with Gasteiger partial charge >= 0.3 is 0 Å². The quantitative estimate of drug-likeness (QED) is 0.384. The van der Waals surface area contributed by atoms with Crippen LogP contribution in [0.3, 0.4) is 0 Å². The molecule has 1 aromatic heterocycles. The topological polar surface area (TPSA) is 91.9 Å². The molecule has 2 saturated heterocycles. The fraction of sp³-hybridized carbons (Fsp3) is 0.379. The fourth-order valence-corrected chi connectivity index (χ4v) is 6.30. The Morgan fingerprint density at radius 3 is 2.47 bits per heavy atom. The highest BCUT2D eigenvalue weighted by Gasteiger charge is 2.37. The van der Waals surface area contributed by atoms with Crippen LogP contribution in [-0.2, 0) is 13.1 Å². The summed E-state index contributed by atoms with van der Waals surface area (Å²) in [4.78, 5) is 43.7. The van der Waals surface area contributed by atoms with Crippen molar-refractivity contribution in [3.8, 4) is 0 Å². The molecule has 38 heavy (non-hydrogen) atoms. The molecule has 3 aliphatic rings. The van der Waals surface area contributed by atoms with Crippen molar-refractivity contribution in [1.82, 2.24) is 14.4 Å². The monoisotopic (exact) mass is 513 g/mol. The van der Waals surface area contributed by atoms with Crippen LogP contribution >= 0.6 is 0 Å². The number of pyridine rings is 1. The zero-order valence-corrected chi connectivity index (χ0v) is 21.2. The number of amides is 1.